The van der Waals surface area contributed by atoms with Crippen LogP contribution < -0.4 is 26.0 Å². The molecule has 1 atom stereocenters. The summed E-state index contributed by atoms with van der Waals surface area (Å²) in [5, 5.41) is 4.92. The Kier molecular flexibility index (Phi) is 10.8. The Hall–Kier alpha value is -5.74. The van der Waals surface area contributed by atoms with Crippen LogP contribution in [0.3, 0.4) is 0 Å². The average molecular weight is 904 g/mol. The number of rotatable bonds is 9. The summed E-state index contributed by atoms with van der Waals surface area (Å²) in [5.41, 5.74) is -8.37. The fourth-order valence-corrected chi connectivity index (χ4v) is 9.90. The van der Waals surface area contributed by atoms with Crippen molar-refractivity contribution in [3.05, 3.63) is 82.2 Å². The maximum absolute atomic E-state index is 15.3. The number of carbonyl (C=O) groups is 2. The summed E-state index contributed by atoms with van der Waals surface area (Å²) < 4.78 is 124. The van der Waals surface area contributed by atoms with Crippen molar-refractivity contribution in [3.8, 4) is 11.3 Å². The second-order valence-corrected chi connectivity index (χ2v) is 18.8. The topological polar surface area (TPSA) is 164 Å². The minimum Gasteiger partial charge on any atom is -0.378 e. The smallest absolute Gasteiger partial charge is 0.378 e. The summed E-state index contributed by atoms with van der Waals surface area (Å²) >= 11 is 0. The molecule has 8 rings (SSSR count). The molecule has 0 spiro atoms. The maximum Gasteiger partial charge on any atom is 0.501 e. The Labute approximate surface area is 357 Å². The van der Waals surface area contributed by atoms with Crippen molar-refractivity contribution in [2.24, 2.45) is 12.5 Å². The lowest BCUT2D eigenvalue weighted by atomic mass is 9.90. The van der Waals surface area contributed by atoms with Gasteiger partial charge >= 0.3 is 11.7 Å². The van der Waals surface area contributed by atoms with Gasteiger partial charge in [-0.1, -0.05) is 20.4 Å². The van der Waals surface area contributed by atoms with Gasteiger partial charge in [0.1, 0.15) is 22.0 Å². The van der Waals surface area contributed by atoms with E-state index in [2.05, 4.69) is 45.9 Å². The quantitative estimate of drug-likeness (QED) is 0.161. The van der Waals surface area contributed by atoms with Crippen LogP contribution in [0, 0.1) is 5.41 Å². The number of piperazine rings is 1. The summed E-state index contributed by atoms with van der Waals surface area (Å²) in [4.78, 5) is 51.7. The number of hydrogen-bond donors (Lipinski definition) is 2. The van der Waals surface area contributed by atoms with Crippen molar-refractivity contribution in [2.45, 2.75) is 68.8 Å². The van der Waals surface area contributed by atoms with Crippen molar-refractivity contribution >= 4 is 50.3 Å². The molecule has 2 amide bonds. The van der Waals surface area contributed by atoms with Crippen LogP contribution >= 0.6 is 0 Å². The molecule has 2 fully saturated rings. The van der Waals surface area contributed by atoms with Crippen LogP contribution in [-0.4, -0.2) is 101 Å². The molecule has 3 aromatic heterocycles. The zero-order chi connectivity index (χ0) is 45.6. The van der Waals surface area contributed by atoms with E-state index in [1.807, 2.05) is 4.57 Å². The van der Waals surface area contributed by atoms with Crippen molar-refractivity contribution in [1.29, 1.82) is 0 Å². The lowest BCUT2D eigenvalue weighted by Crippen LogP contribution is -2.60. The van der Waals surface area contributed by atoms with Gasteiger partial charge in [0.15, 0.2) is 5.82 Å². The van der Waals surface area contributed by atoms with E-state index < -0.39 is 95.4 Å². The van der Waals surface area contributed by atoms with Crippen molar-refractivity contribution in [3.63, 3.8) is 0 Å². The Morgan fingerprint density at radius 2 is 1.76 bits per heavy atom. The molecule has 1 aliphatic carbocycles. The van der Waals surface area contributed by atoms with E-state index in [4.69, 9.17) is 4.74 Å². The third kappa shape index (κ3) is 7.85. The second kappa shape index (κ2) is 15.5. The Morgan fingerprint density at radius 3 is 2.40 bits per heavy atom. The molecular weight excluding hydrogens is 861 g/mol. The molecule has 0 bridgehead atoms. The third-order valence-electron chi connectivity index (χ3n) is 11.9. The monoisotopic (exact) mass is 903 g/mol. The van der Waals surface area contributed by atoms with Crippen LogP contribution in [0.2, 0.25) is 0 Å². The van der Waals surface area contributed by atoms with Gasteiger partial charge in [-0.25, -0.2) is 18.4 Å². The van der Waals surface area contributed by atoms with Gasteiger partial charge in [-0.15, -0.1) is 0 Å². The first kappa shape index (κ1) is 43.9. The van der Waals surface area contributed by atoms with Crippen LogP contribution in [0.5, 0.6) is 0 Å². The Bertz CT molecular complexity index is 2730. The number of alkyl halides is 6. The number of ether oxygens (including phenoxy) is 1. The standard InChI is InChI=1S/C41H43F6N9O6S/c1-6-32(57)50-27-14-24(15-31(63(60,61)41(45,46)47)34(27)54-10-9-53(18-22(54)2)25-20-62-21-25)49-35-38(59)52(5)19-28(51-35)26-7-8-48-36(33(26)40(42,43)44)56-12-11-55-29(37(56)58)13-23-16-39(3,4)17-30(23)55/h6-8,13-15,19,22,25H,1,9-12,16-18,20-21H2,2-5H3,(H,49,51)(H,50,57). The highest BCUT2D eigenvalue weighted by Gasteiger charge is 2.50. The first-order valence-corrected chi connectivity index (χ1v) is 21.4. The number of benzene rings is 1. The third-order valence-corrected chi connectivity index (χ3v) is 13.4. The highest BCUT2D eigenvalue weighted by molar-refractivity contribution is 7.92. The summed E-state index contributed by atoms with van der Waals surface area (Å²) in [6, 6.07) is 3.94. The second-order valence-electron chi connectivity index (χ2n) is 16.9. The van der Waals surface area contributed by atoms with E-state index in [1.54, 1.807) is 13.0 Å². The molecule has 336 valence electrons. The van der Waals surface area contributed by atoms with E-state index in [1.165, 1.54) is 11.9 Å². The van der Waals surface area contributed by atoms with E-state index in [0.717, 1.165) is 51.3 Å². The summed E-state index contributed by atoms with van der Waals surface area (Å²) in [6.45, 7) is 11.0. The van der Waals surface area contributed by atoms with E-state index >= 15 is 13.2 Å². The van der Waals surface area contributed by atoms with Crippen molar-refractivity contribution in [2.75, 3.05) is 59.8 Å². The Balaban J connectivity index is 1.21. The van der Waals surface area contributed by atoms with Gasteiger partial charge in [0.05, 0.1) is 36.3 Å². The number of nitrogens with zero attached hydrogens (tertiary/aromatic N) is 7. The van der Waals surface area contributed by atoms with Crippen LogP contribution in [0.25, 0.3) is 11.3 Å². The number of hydrogen-bond acceptors (Lipinski definition) is 11. The van der Waals surface area contributed by atoms with Gasteiger partial charge in [0, 0.05) is 75.2 Å². The molecule has 1 aromatic carbocycles. The van der Waals surface area contributed by atoms with Gasteiger partial charge < -0.3 is 29.4 Å². The molecule has 2 N–H and O–H groups in total. The van der Waals surface area contributed by atoms with Crippen LogP contribution in [-0.2, 0) is 52.0 Å². The molecule has 0 saturated carbocycles. The molecule has 6 heterocycles. The number of anilines is 5. The molecule has 4 aromatic rings. The van der Waals surface area contributed by atoms with Gasteiger partial charge in [-0.05, 0) is 61.1 Å². The summed E-state index contributed by atoms with van der Waals surface area (Å²) in [7, 11) is -4.98. The SMILES string of the molecule is C=CC(=O)Nc1cc(Nc2nc(-c3ccnc(N4CCn5c(cc6c5CC(C)(C)C6)C4=O)c3C(F)(F)F)cn(C)c2=O)cc(S(=O)(=O)C(F)(F)F)c1N1CCN(C2COC2)CC1C. The lowest BCUT2D eigenvalue weighted by molar-refractivity contribution is -0.136. The van der Waals surface area contributed by atoms with Crippen LogP contribution in [0.1, 0.15) is 48.1 Å². The number of sulfone groups is 1. The largest absolute Gasteiger partial charge is 0.501 e. The van der Waals surface area contributed by atoms with Crippen LogP contribution in [0.15, 0.2) is 59.0 Å². The average Bonchev–Trinajstić information content (AvgIpc) is 3.67. The van der Waals surface area contributed by atoms with Gasteiger partial charge in [0.25, 0.3) is 21.3 Å². The number of halogens is 6. The number of carbonyl (C=O) groups excluding carboxylic acids is 2. The molecule has 63 heavy (non-hydrogen) atoms. The first-order chi connectivity index (χ1) is 29.5. The zero-order valence-corrected chi connectivity index (χ0v) is 35.3. The fourth-order valence-electron chi connectivity index (χ4n) is 8.88. The fraction of sp³-hybridized carbons (Fsp3) is 0.439. The maximum atomic E-state index is 15.3. The highest BCUT2D eigenvalue weighted by atomic mass is 32.2. The summed E-state index contributed by atoms with van der Waals surface area (Å²) in [5.74, 6) is -2.99. The van der Waals surface area contributed by atoms with Crippen LogP contribution in [0.4, 0.5) is 55.0 Å². The first-order valence-electron chi connectivity index (χ1n) is 19.9. The lowest BCUT2D eigenvalue weighted by Gasteiger charge is -2.47. The van der Waals surface area contributed by atoms with E-state index in [0.29, 0.717) is 45.2 Å². The zero-order valence-electron chi connectivity index (χ0n) is 34.5. The Morgan fingerprint density at radius 1 is 1.03 bits per heavy atom. The normalized spacial score (nSPS) is 19.4. The molecular formula is C41H43F6N9O6S. The van der Waals surface area contributed by atoms with Gasteiger partial charge in [0.2, 0.25) is 5.91 Å². The molecule has 3 aliphatic heterocycles. The van der Waals surface area contributed by atoms with Gasteiger partial charge in [-0.2, -0.15) is 26.3 Å². The minimum absolute atomic E-state index is 0.0287. The van der Waals surface area contributed by atoms with E-state index in [9.17, 15) is 36.0 Å². The molecule has 1 unspecified atom stereocenters. The molecule has 15 nitrogen and oxygen atoms in total. The number of aryl methyl sites for hydroxylation is 1. The molecule has 0 radical (unpaired) electrons. The highest BCUT2D eigenvalue weighted by Crippen LogP contribution is 2.46. The van der Waals surface area contributed by atoms with Crippen molar-refractivity contribution < 1.29 is 49.1 Å². The molecule has 4 aliphatic rings. The molecule has 2 saturated heterocycles. The number of pyridine rings is 1. The number of nitrogens with one attached hydrogen (secondary N) is 2. The number of fused-ring (bicyclic) bond motifs is 3. The predicted molar refractivity (Wildman–Crippen MR) is 220 cm³/mol. The number of amides is 2. The van der Waals surface area contributed by atoms with Crippen molar-refractivity contribution in [1.82, 2.24) is 24.0 Å². The predicted octanol–water partition coefficient (Wildman–Crippen LogP) is 5.52. The van der Waals surface area contributed by atoms with Gasteiger partial charge in [-0.3, -0.25) is 24.2 Å². The molecule has 22 heteroatoms. The number of aromatic nitrogens is 4. The van der Waals surface area contributed by atoms with E-state index in [-0.39, 0.29) is 36.8 Å². The summed E-state index contributed by atoms with van der Waals surface area (Å²) in [6.07, 6.45) is -0.833. The minimum atomic E-state index is -6.18.